The molecule has 0 unspecified atom stereocenters. The first-order valence-electron chi connectivity index (χ1n) is 9.49. The van der Waals surface area contributed by atoms with Gasteiger partial charge in [0.15, 0.2) is 6.29 Å². The Labute approximate surface area is 145 Å². The van der Waals surface area contributed by atoms with Gasteiger partial charge in [-0.15, -0.1) is 0 Å². The molecule has 2 aliphatic rings. The summed E-state index contributed by atoms with van der Waals surface area (Å²) in [6.45, 7) is 4.40. The minimum Gasteiger partial charge on any atom is -0.461 e. The molecule has 0 spiro atoms. The van der Waals surface area contributed by atoms with E-state index in [-0.39, 0.29) is 25.6 Å². The number of nitriles is 1. The van der Waals surface area contributed by atoms with Gasteiger partial charge in [0.05, 0.1) is 19.3 Å². The smallest absolute Gasteiger partial charge is 0.331 e. The highest BCUT2D eigenvalue weighted by Gasteiger charge is 2.46. The second-order valence-electron chi connectivity index (χ2n) is 7.22. The van der Waals surface area contributed by atoms with Crippen LogP contribution < -0.4 is 0 Å². The van der Waals surface area contributed by atoms with Gasteiger partial charge in [0.2, 0.25) is 5.41 Å². The molecule has 1 aliphatic carbocycles. The molecular formula is C19H31NO4. The lowest BCUT2D eigenvalue weighted by Gasteiger charge is -2.35. The number of hydrogen-bond donors (Lipinski definition) is 0. The van der Waals surface area contributed by atoms with Crippen molar-refractivity contribution in [3.05, 3.63) is 0 Å². The van der Waals surface area contributed by atoms with Gasteiger partial charge in [0.25, 0.3) is 0 Å². The summed E-state index contributed by atoms with van der Waals surface area (Å²) in [6, 6.07) is 2.08. The molecular weight excluding hydrogens is 306 g/mol. The normalized spacial score (nSPS) is 33.6. The molecule has 1 saturated heterocycles. The first-order valence-corrected chi connectivity index (χ1v) is 9.49. The van der Waals surface area contributed by atoms with Gasteiger partial charge in [0, 0.05) is 0 Å². The number of rotatable bonds is 7. The minimum atomic E-state index is -1.30. The number of nitrogens with zero attached hydrogens (tertiary/aromatic N) is 1. The molecule has 0 bridgehead atoms. The van der Waals surface area contributed by atoms with Crippen molar-refractivity contribution in [2.75, 3.05) is 13.2 Å². The molecule has 1 aliphatic heterocycles. The predicted octanol–water partition coefficient (Wildman–Crippen LogP) is 3.96. The average molecular weight is 337 g/mol. The highest BCUT2D eigenvalue weighted by Crippen LogP contribution is 2.33. The highest BCUT2D eigenvalue weighted by atomic mass is 16.7. The lowest BCUT2D eigenvalue weighted by Crippen LogP contribution is -2.48. The van der Waals surface area contributed by atoms with Crippen LogP contribution in [0.3, 0.4) is 0 Å². The molecule has 0 atom stereocenters. The van der Waals surface area contributed by atoms with Gasteiger partial charge < -0.3 is 14.2 Å². The summed E-state index contributed by atoms with van der Waals surface area (Å²) in [7, 11) is 0. The van der Waals surface area contributed by atoms with E-state index in [1.54, 1.807) is 0 Å². The molecule has 0 radical (unpaired) electrons. The van der Waals surface area contributed by atoms with E-state index < -0.39 is 11.4 Å². The molecule has 0 aromatic carbocycles. The average Bonchev–Trinajstić information content (AvgIpc) is 2.62. The molecule has 2 rings (SSSR count). The monoisotopic (exact) mass is 337 g/mol. The summed E-state index contributed by atoms with van der Waals surface area (Å²) < 4.78 is 16.8. The Morgan fingerprint density at radius 1 is 1.12 bits per heavy atom. The van der Waals surface area contributed by atoms with Crippen LogP contribution in [0.4, 0.5) is 0 Å². The Morgan fingerprint density at radius 2 is 1.79 bits per heavy atom. The van der Waals surface area contributed by atoms with Gasteiger partial charge in [-0.1, -0.05) is 39.5 Å². The summed E-state index contributed by atoms with van der Waals surface area (Å²) in [4.78, 5) is 12.5. The van der Waals surface area contributed by atoms with Gasteiger partial charge in [-0.25, -0.2) is 0 Å². The minimum absolute atomic E-state index is 0.0611. The van der Waals surface area contributed by atoms with E-state index >= 15 is 0 Å². The van der Waals surface area contributed by atoms with Crippen LogP contribution in [-0.2, 0) is 19.0 Å². The van der Waals surface area contributed by atoms with E-state index in [2.05, 4.69) is 13.0 Å². The maximum Gasteiger partial charge on any atom is 0.331 e. The van der Waals surface area contributed by atoms with Gasteiger partial charge in [-0.05, 0) is 38.0 Å². The standard InChI is InChI=1S/C19H31NO4/c1-3-5-7-15-8-10-16(11-9-15)24-18(21)19(12-20)13-22-17(6-4-2)23-14-19/h15-17H,3-11,13-14H2,1-2H3. The van der Waals surface area contributed by atoms with Crippen LogP contribution in [0.1, 0.15) is 71.6 Å². The number of ether oxygens (including phenoxy) is 3. The quantitative estimate of drug-likeness (QED) is 0.658. The number of carbonyl (C=O) groups excluding carboxylic acids is 1. The molecule has 5 nitrogen and oxygen atoms in total. The van der Waals surface area contributed by atoms with Crippen LogP contribution in [0.25, 0.3) is 0 Å². The fraction of sp³-hybridized carbons (Fsp3) is 0.895. The summed E-state index contributed by atoms with van der Waals surface area (Å²) >= 11 is 0. The van der Waals surface area contributed by atoms with Crippen LogP contribution >= 0.6 is 0 Å². The summed E-state index contributed by atoms with van der Waals surface area (Å²) in [6.07, 6.45) is 9.18. The van der Waals surface area contributed by atoms with Crippen LogP contribution in [0.5, 0.6) is 0 Å². The molecule has 0 N–H and O–H groups in total. The van der Waals surface area contributed by atoms with Gasteiger partial charge in [-0.2, -0.15) is 5.26 Å². The first kappa shape index (κ1) is 19.2. The van der Waals surface area contributed by atoms with Crippen molar-refractivity contribution >= 4 is 5.97 Å². The zero-order valence-electron chi connectivity index (χ0n) is 15.1. The molecule has 24 heavy (non-hydrogen) atoms. The SMILES string of the molecule is CCCCC1CCC(OC(=O)C2(C#N)COC(CCC)OC2)CC1. The Bertz CT molecular complexity index is 429. The summed E-state index contributed by atoms with van der Waals surface area (Å²) in [5.74, 6) is 0.290. The molecule has 0 aromatic rings. The second kappa shape index (κ2) is 9.39. The molecule has 5 heteroatoms. The Kier molecular flexibility index (Phi) is 7.51. The van der Waals surface area contributed by atoms with Crippen molar-refractivity contribution in [3.8, 4) is 6.07 Å². The Balaban J connectivity index is 1.80. The van der Waals surface area contributed by atoms with E-state index in [9.17, 15) is 10.1 Å². The van der Waals surface area contributed by atoms with E-state index in [4.69, 9.17) is 14.2 Å². The Morgan fingerprint density at radius 3 is 2.33 bits per heavy atom. The van der Waals surface area contributed by atoms with E-state index in [1.165, 1.54) is 19.3 Å². The number of hydrogen-bond acceptors (Lipinski definition) is 5. The van der Waals surface area contributed by atoms with Gasteiger partial charge in [-0.3, -0.25) is 4.79 Å². The number of carbonyl (C=O) groups is 1. The van der Waals surface area contributed by atoms with Crippen LogP contribution in [0.15, 0.2) is 0 Å². The fourth-order valence-electron chi connectivity index (χ4n) is 3.49. The summed E-state index contributed by atoms with van der Waals surface area (Å²) in [5.41, 5.74) is -1.30. The predicted molar refractivity (Wildman–Crippen MR) is 90.0 cm³/mol. The van der Waals surface area contributed by atoms with Crippen LogP contribution in [0.2, 0.25) is 0 Å². The van der Waals surface area contributed by atoms with Crippen molar-refractivity contribution in [1.29, 1.82) is 5.26 Å². The Hall–Kier alpha value is -1.12. The molecule has 0 aromatic heterocycles. The molecule has 1 heterocycles. The zero-order valence-corrected chi connectivity index (χ0v) is 15.1. The third-order valence-electron chi connectivity index (χ3n) is 5.19. The van der Waals surface area contributed by atoms with Gasteiger partial charge in [0.1, 0.15) is 6.10 Å². The summed E-state index contributed by atoms with van der Waals surface area (Å²) in [5, 5.41) is 9.49. The van der Waals surface area contributed by atoms with E-state index in [0.717, 1.165) is 44.4 Å². The van der Waals surface area contributed by atoms with Crippen LogP contribution in [-0.4, -0.2) is 31.6 Å². The third kappa shape index (κ3) is 4.94. The molecule has 0 amide bonds. The maximum atomic E-state index is 12.5. The van der Waals surface area contributed by atoms with E-state index in [0.29, 0.717) is 0 Å². The third-order valence-corrected chi connectivity index (χ3v) is 5.19. The lowest BCUT2D eigenvalue weighted by atomic mass is 9.84. The van der Waals surface area contributed by atoms with Crippen molar-refractivity contribution < 1.29 is 19.0 Å². The van der Waals surface area contributed by atoms with Crippen molar-refractivity contribution in [1.82, 2.24) is 0 Å². The maximum absolute atomic E-state index is 12.5. The molecule has 136 valence electrons. The van der Waals surface area contributed by atoms with Crippen molar-refractivity contribution in [2.45, 2.75) is 84.0 Å². The largest absolute Gasteiger partial charge is 0.461 e. The topological polar surface area (TPSA) is 68.6 Å². The van der Waals surface area contributed by atoms with Gasteiger partial charge >= 0.3 is 5.97 Å². The van der Waals surface area contributed by atoms with Crippen molar-refractivity contribution in [3.63, 3.8) is 0 Å². The fourth-order valence-corrected chi connectivity index (χ4v) is 3.49. The first-order chi connectivity index (χ1) is 11.6. The number of unbranched alkanes of at least 4 members (excludes halogenated alkanes) is 1. The van der Waals surface area contributed by atoms with Crippen molar-refractivity contribution in [2.24, 2.45) is 11.3 Å². The molecule has 1 saturated carbocycles. The number of esters is 1. The lowest BCUT2D eigenvalue weighted by molar-refractivity contribution is -0.228. The zero-order chi connectivity index (χ0) is 17.4. The van der Waals surface area contributed by atoms with Crippen LogP contribution in [0, 0.1) is 22.7 Å². The molecule has 2 fully saturated rings. The highest BCUT2D eigenvalue weighted by molar-refractivity contribution is 5.80. The second-order valence-corrected chi connectivity index (χ2v) is 7.22. The van der Waals surface area contributed by atoms with E-state index in [1.807, 2.05) is 6.92 Å².